The molecule has 0 aliphatic carbocycles. The number of nitrogens with one attached hydrogen (secondary N) is 1. The van der Waals surface area contributed by atoms with Gasteiger partial charge in [-0.05, 0) is 23.6 Å². The number of benzene rings is 1. The molecule has 0 aromatic heterocycles. The lowest BCUT2D eigenvalue weighted by molar-refractivity contribution is -0.121. The average Bonchev–Trinajstić information content (AvgIpc) is 2.39. The van der Waals surface area contributed by atoms with E-state index in [0.29, 0.717) is 5.56 Å². The third-order valence-corrected chi connectivity index (χ3v) is 3.16. The normalized spacial score (nSPS) is 13.9. The SMILES string of the molecule is CCC(C)C(O)CNC(=O)Cc1ccc(F)c(F)c1. The highest BCUT2D eigenvalue weighted by Gasteiger charge is 2.13. The topological polar surface area (TPSA) is 49.3 Å². The zero-order valence-electron chi connectivity index (χ0n) is 11.1. The van der Waals surface area contributed by atoms with Crippen molar-refractivity contribution in [2.75, 3.05) is 6.54 Å². The van der Waals surface area contributed by atoms with Crippen molar-refractivity contribution in [3.63, 3.8) is 0 Å². The molecular weight excluding hydrogens is 252 g/mol. The standard InChI is InChI=1S/C14H19F2NO2/c1-3-9(2)13(18)8-17-14(19)7-10-4-5-11(15)12(16)6-10/h4-6,9,13,18H,3,7-8H2,1-2H3,(H,17,19). The Kier molecular flexibility index (Phi) is 5.89. The minimum Gasteiger partial charge on any atom is -0.391 e. The van der Waals surface area contributed by atoms with Crippen molar-refractivity contribution in [1.82, 2.24) is 5.32 Å². The number of carbonyl (C=O) groups excluding carboxylic acids is 1. The summed E-state index contributed by atoms with van der Waals surface area (Å²) >= 11 is 0. The van der Waals surface area contributed by atoms with Crippen LogP contribution in [0.3, 0.4) is 0 Å². The minimum absolute atomic E-state index is 0.0373. The molecule has 0 aliphatic rings. The van der Waals surface area contributed by atoms with Gasteiger partial charge in [-0.3, -0.25) is 4.79 Å². The van der Waals surface area contributed by atoms with Gasteiger partial charge in [0.1, 0.15) is 0 Å². The van der Waals surface area contributed by atoms with Gasteiger partial charge in [-0.2, -0.15) is 0 Å². The van der Waals surface area contributed by atoms with Crippen LogP contribution in [0, 0.1) is 17.6 Å². The van der Waals surface area contributed by atoms with Crippen LogP contribution in [0.15, 0.2) is 18.2 Å². The fourth-order valence-corrected chi connectivity index (χ4v) is 1.59. The van der Waals surface area contributed by atoms with Crippen molar-refractivity contribution in [1.29, 1.82) is 0 Å². The van der Waals surface area contributed by atoms with Crippen molar-refractivity contribution >= 4 is 5.91 Å². The molecule has 0 saturated carbocycles. The van der Waals surface area contributed by atoms with Crippen molar-refractivity contribution in [3.05, 3.63) is 35.4 Å². The van der Waals surface area contributed by atoms with Crippen molar-refractivity contribution in [2.24, 2.45) is 5.92 Å². The second-order valence-electron chi connectivity index (χ2n) is 4.68. The van der Waals surface area contributed by atoms with Crippen LogP contribution in [0.4, 0.5) is 8.78 Å². The van der Waals surface area contributed by atoms with Crippen LogP contribution in [0.5, 0.6) is 0 Å². The van der Waals surface area contributed by atoms with Crippen LogP contribution < -0.4 is 5.32 Å². The lowest BCUT2D eigenvalue weighted by Gasteiger charge is -2.17. The molecule has 1 aromatic carbocycles. The van der Waals surface area contributed by atoms with E-state index in [0.717, 1.165) is 18.6 Å². The highest BCUT2D eigenvalue weighted by atomic mass is 19.2. The first-order valence-electron chi connectivity index (χ1n) is 6.32. The minimum atomic E-state index is -0.968. The van der Waals surface area contributed by atoms with Crippen LogP contribution in [-0.2, 0) is 11.2 Å². The zero-order valence-corrected chi connectivity index (χ0v) is 11.1. The maximum atomic E-state index is 12.9. The Bertz CT molecular complexity index is 437. The number of aliphatic hydroxyl groups excluding tert-OH is 1. The fraction of sp³-hybridized carbons (Fsp3) is 0.500. The molecule has 19 heavy (non-hydrogen) atoms. The Morgan fingerprint density at radius 3 is 2.63 bits per heavy atom. The number of rotatable bonds is 6. The number of carbonyl (C=O) groups is 1. The highest BCUT2D eigenvalue weighted by Crippen LogP contribution is 2.09. The Labute approximate surface area is 111 Å². The van der Waals surface area contributed by atoms with Gasteiger partial charge in [-0.15, -0.1) is 0 Å². The summed E-state index contributed by atoms with van der Waals surface area (Å²) in [6.07, 6.45) is 0.184. The number of aliphatic hydroxyl groups is 1. The lowest BCUT2D eigenvalue weighted by Crippen LogP contribution is -2.36. The summed E-state index contributed by atoms with van der Waals surface area (Å²) < 4.78 is 25.7. The summed E-state index contributed by atoms with van der Waals surface area (Å²) in [5, 5.41) is 12.3. The molecule has 0 saturated heterocycles. The Balaban J connectivity index is 2.45. The summed E-state index contributed by atoms with van der Waals surface area (Å²) in [7, 11) is 0. The maximum absolute atomic E-state index is 12.9. The molecule has 2 unspecified atom stereocenters. The molecule has 5 heteroatoms. The molecule has 3 nitrogen and oxygen atoms in total. The van der Waals surface area contributed by atoms with E-state index in [1.165, 1.54) is 6.07 Å². The van der Waals surface area contributed by atoms with Gasteiger partial charge in [0.15, 0.2) is 11.6 Å². The summed E-state index contributed by atoms with van der Waals surface area (Å²) in [4.78, 5) is 11.6. The molecule has 1 amide bonds. The monoisotopic (exact) mass is 271 g/mol. The van der Waals surface area contributed by atoms with Crippen molar-refractivity contribution in [3.8, 4) is 0 Å². The molecule has 0 fully saturated rings. The third kappa shape index (κ3) is 4.95. The fourth-order valence-electron chi connectivity index (χ4n) is 1.59. The van der Waals surface area contributed by atoms with E-state index in [4.69, 9.17) is 0 Å². The second kappa shape index (κ2) is 7.19. The van der Waals surface area contributed by atoms with Crippen molar-refractivity contribution in [2.45, 2.75) is 32.8 Å². The molecule has 2 atom stereocenters. The molecule has 1 aromatic rings. The summed E-state index contributed by atoms with van der Waals surface area (Å²) in [5.41, 5.74) is 0.398. The molecule has 2 N–H and O–H groups in total. The van der Waals surface area contributed by atoms with E-state index in [-0.39, 0.29) is 24.8 Å². The molecule has 1 rings (SSSR count). The highest BCUT2D eigenvalue weighted by molar-refractivity contribution is 5.78. The molecule has 0 spiro atoms. The van der Waals surface area contributed by atoms with Crippen LogP contribution in [0.2, 0.25) is 0 Å². The Morgan fingerprint density at radius 1 is 1.37 bits per heavy atom. The maximum Gasteiger partial charge on any atom is 0.224 e. The Morgan fingerprint density at radius 2 is 2.05 bits per heavy atom. The van der Waals surface area contributed by atoms with E-state index in [1.807, 2.05) is 13.8 Å². The zero-order chi connectivity index (χ0) is 14.4. The third-order valence-electron chi connectivity index (χ3n) is 3.16. The summed E-state index contributed by atoms with van der Waals surface area (Å²) in [6.45, 7) is 4.01. The predicted octanol–water partition coefficient (Wildman–Crippen LogP) is 2.03. The van der Waals surface area contributed by atoms with Crippen LogP contribution in [0.1, 0.15) is 25.8 Å². The molecule has 0 radical (unpaired) electrons. The smallest absolute Gasteiger partial charge is 0.224 e. The van der Waals surface area contributed by atoms with Crippen molar-refractivity contribution < 1.29 is 18.7 Å². The van der Waals surface area contributed by atoms with Gasteiger partial charge in [-0.25, -0.2) is 8.78 Å². The van der Waals surface area contributed by atoms with Gasteiger partial charge >= 0.3 is 0 Å². The molecule has 0 bridgehead atoms. The first-order valence-corrected chi connectivity index (χ1v) is 6.32. The van der Waals surface area contributed by atoms with Crippen LogP contribution in [-0.4, -0.2) is 23.7 Å². The first-order chi connectivity index (χ1) is 8.93. The molecule has 0 heterocycles. The van der Waals surface area contributed by atoms with Crippen LogP contribution in [0.25, 0.3) is 0 Å². The number of amides is 1. The van der Waals surface area contributed by atoms with Gasteiger partial charge in [0.05, 0.1) is 12.5 Å². The summed E-state index contributed by atoms with van der Waals surface area (Å²) in [6, 6.07) is 3.36. The van der Waals surface area contributed by atoms with E-state index in [2.05, 4.69) is 5.32 Å². The van der Waals surface area contributed by atoms with Gasteiger partial charge < -0.3 is 10.4 Å². The number of halogens is 2. The van der Waals surface area contributed by atoms with E-state index >= 15 is 0 Å². The number of hydrogen-bond donors (Lipinski definition) is 2. The number of hydrogen-bond acceptors (Lipinski definition) is 2. The largest absolute Gasteiger partial charge is 0.391 e. The van der Waals surface area contributed by atoms with Gasteiger partial charge in [-0.1, -0.05) is 26.3 Å². The first kappa shape index (κ1) is 15.6. The lowest BCUT2D eigenvalue weighted by atomic mass is 10.0. The summed E-state index contributed by atoms with van der Waals surface area (Å²) in [5.74, 6) is -2.13. The quantitative estimate of drug-likeness (QED) is 0.831. The molecular formula is C14H19F2NO2. The molecule has 106 valence electrons. The second-order valence-corrected chi connectivity index (χ2v) is 4.68. The van der Waals surface area contributed by atoms with E-state index in [1.54, 1.807) is 0 Å². The average molecular weight is 271 g/mol. The van der Waals surface area contributed by atoms with Gasteiger partial charge in [0.25, 0.3) is 0 Å². The predicted molar refractivity (Wildman–Crippen MR) is 68.5 cm³/mol. The van der Waals surface area contributed by atoms with Gasteiger partial charge in [0, 0.05) is 6.54 Å². The Hall–Kier alpha value is -1.49. The molecule has 0 aliphatic heterocycles. The van der Waals surface area contributed by atoms with E-state index in [9.17, 15) is 18.7 Å². The van der Waals surface area contributed by atoms with Gasteiger partial charge in [0.2, 0.25) is 5.91 Å². The van der Waals surface area contributed by atoms with Crippen LogP contribution >= 0.6 is 0 Å². The van der Waals surface area contributed by atoms with E-state index < -0.39 is 17.7 Å².